The number of ether oxygens (including phenoxy) is 2. The molecule has 0 aromatic rings. The largest absolute Gasteiger partial charge is 0.469 e. The molecule has 0 aliphatic heterocycles. The molecule has 0 heterocycles. The van der Waals surface area contributed by atoms with Crippen LogP contribution in [0.15, 0.2) is 12.2 Å². The molecule has 0 amide bonds. The number of carbonyl (C=O) groups excluding carboxylic acids is 2. The zero-order valence-electron chi connectivity index (χ0n) is 30.4. The summed E-state index contributed by atoms with van der Waals surface area (Å²) >= 11 is 0. The summed E-state index contributed by atoms with van der Waals surface area (Å²) in [5, 5.41) is 0. The van der Waals surface area contributed by atoms with Gasteiger partial charge >= 0.3 is 19.8 Å². The average molecular weight is 689 g/mol. The quantitative estimate of drug-likeness (QED) is 0.0289. The summed E-state index contributed by atoms with van der Waals surface area (Å²) in [7, 11) is -4.74. The molecule has 9 heteroatoms. The van der Waals surface area contributed by atoms with E-state index in [1.54, 1.807) is 0 Å². The summed E-state index contributed by atoms with van der Waals surface area (Å²) in [6, 6.07) is 0. The molecule has 278 valence electrons. The number of carbonyl (C=O) groups is 2. The van der Waals surface area contributed by atoms with E-state index in [4.69, 9.17) is 19.3 Å². The Morgan fingerprint density at radius 2 is 0.894 bits per heavy atom. The highest BCUT2D eigenvalue weighted by Crippen LogP contribution is 2.36. The molecule has 0 aliphatic carbocycles. The summed E-state index contributed by atoms with van der Waals surface area (Å²) in [5.41, 5.74) is 0. The Labute approximate surface area is 288 Å². The van der Waals surface area contributed by atoms with Crippen LogP contribution in [0.2, 0.25) is 0 Å². The van der Waals surface area contributed by atoms with Crippen molar-refractivity contribution >= 4 is 19.8 Å². The molecule has 0 spiro atoms. The van der Waals surface area contributed by atoms with E-state index in [1.165, 1.54) is 109 Å². The van der Waals surface area contributed by atoms with Gasteiger partial charge in [0.15, 0.2) is 6.10 Å². The van der Waals surface area contributed by atoms with Crippen LogP contribution in [0, 0.1) is 0 Å². The van der Waals surface area contributed by atoms with Gasteiger partial charge in [0.2, 0.25) is 0 Å². The van der Waals surface area contributed by atoms with Gasteiger partial charge in [0.25, 0.3) is 0 Å². The lowest BCUT2D eigenvalue weighted by atomic mass is 10.0. The van der Waals surface area contributed by atoms with Gasteiger partial charge in [-0.25, -0.2) is 4.57 Å². The molecule has 47 heavy (non-hydrogen) atoms. The molecular weight excluding hydrogens is 615 g/mol. The van der Waals surface area contributed by atoms with E-state index in [-0.39, 0.29) is 19.4 Å². The standard InChI is InChI=1S/C38H73O8P/c1-3-5-7-9-11-13-15-17-18-19-21-22-24-26-28-30-32-37(39)44-34-36(35-45-47(41,42)43)46-38(40)33-31-29-27-25-23-20-16-14-12-10-8-6-4-2/h18-19,36H,3-17,20-35H2,1-2H3,(H2,41,42,43)/b19-18-/t36-/m1/s1. The fourth-order valence-corrected chi connectivity index (χ4v) is 5.96. The van der Waals surface area contributed by atoms with E-state index in [1.807, 2.05) is 0 Å². The van der Waals surface area contributed by atoms with Crippen LogP contribution >= 0.6 is 7.82 Å². The first-order chi connectivity index (χ1) is 22.8. The van der Waals surface area contributed by atoms with Crippen molar-refractivity contribution in [2.45, 2.75) is 206 Å². The maximum Gasteiger partial charge on any atom is 0.469 e. The summed E-state index contributed by atoms with van der Waals surface area (Å²) in [5.74, 6) is -0.886. The fourth-order valence-electron chi connectivity index (χ4n) is 5.60. The third-order valence-corrected chi connectivity index (χ3v) is 9.02. The summed E-state index contributed by atoms with van der Waals surface area (Å²) in [6.45, 7) is 3.68. The summed E-state index contributed by atoms with van der Waals surface area (Å²) in [6.07, 6.45) is 36.4. The maximum atomic E-state index is 12.3. The zero-order valence-corrected chi connectivity index (χ0v) is 31.3. The SMILES string of the molecule is CCCCCCCCC/C=C\CCCCCCCC(=O)OC[C@H](COP(=O)(O)O)OC(=O)CCCCCCCCCCCCCCC. The van der Waals surface area contributed by atoms with Gasteiger partial charge in [-0.15, -0.1) is 0 Å². The van der Waals surface area contributed by atoms with Crippen molar-refractivity contribution < 1.29 is 37.9 Å². The molecule has 0 aromatic carbocycles. The Bertz CT molecular complexity index is 782. The number of hydrogen-bond acceptors (Lipinski definition) is 6. The summed E-state index contributed by atoms with van der Waals surface area (Å²) < 4.78 is 26.3. The van der Waals surface area contributed by atoms with Crippen molar-refractivity contribution in [1.82, 2.24) is 0 Å². The van der Waals surface area contributed by atoms with Crippen molar-refractivity contribution in [2.24, 2.45) is 0 Å². The molecular formula is C38H73O8P. The van der Waals surface area contributed by atoms with Crippen LogP contribution in [0.3, 0.4) is 0 Å². The minimum absolute atomic E-state index is 0.215. The lowest BCUT2D eigenvalue weighted by molar-refractivity contribution is -0.161. The predicted molar refractivity (Wildman–Crippen MR) is 193 cm³/mol. The van der Waals surface area contributed by atoms with Gasteiger partial charge in [-0.3, -0.25) is 14.1 Å². The average Bonchev–Trinajstić information content (AvgIpc) is 3.03. The number of phosphoric ester groups is 1. The van der Waals surface area contributed by atoms with Crippen LogP contribution < -0.4 is 0 Å². The van der Waals surface area contributed by atoms with E-state index in [2.05, 4.69) is 30.5 Å². The topological polar surface area (TPSA) is 119 Å². The Kier molecular flexibility index (Phi) is 33.8. The third-order valence-electron chi connectivity index (χ3n) is 8.53. The van der Waals surface area contributed by atoms with Crippen molar-refractivity contribution in [3.05, 3.63) is 12.2 Å². The van der Waals surface area contributed by atoms with Crippen LogP contribution in [0.25, 0.3) is 0 Å². The second kappa shape index (κ2) is 34.6. The van der Waals surface area contributed by atoms with Crippen molar-refractivity contribution in [3.8, 4) is 0 Å². The minimum Gasteiger partial charge on any atom is -0.462 e. The van der Waals surface area contributed by atoms with Crippen LogP contribution in [0.4, 0.5) is 0 Å². The number of esters is 2. The van der Waals surface area contributed by atoms with E-state index in [0.29, 0.717) is 6.42 Å². The normalized spacial score (nSPS) is 12.5. The predicted octanol–water partition coefficient (Wildman–Crippen LogP) is 11.5. The number of hydrogen-bond donors (Lipinski definition) is 2. The van der Waals surface area contributed by atoms with Crippen LogP contribution in [-0.4, -0.2) is 41.0 Å². The van der Waals surface area contributed by atoms with Gasteiger partial charge in [0.1, 0.15) is 6.61 Å². The van der Waals surface area contributed by atoms with Gasteiger partial charge in [0, 0.05) is 12.8 Å². The van der Waals surface area contributed by atoms with E-state index in [9.17, 15) is 14.2 Å². The van der Waals surface area contributed by atoms with E-state index in [0.717, 1.165) is 57.8 Å². The van der Waals surface area contributed by atoms with Crippen molar-refractivity contribution in [3.63, 3.8) is 0 Å². The number of rotatable bonds is 36. The van der Waals surface area contributed by atoms with Crippen LogP contribution in [0.1, 0.15) is 200 Å². The van der Waals surface area contributed by atoms with Gasteiger partial charge in [-0.05, 0) is 38.5 Å². The molecule has 0 saturated carbocycles. The highest BCUT2D eigenvalue weighted by molar-refractivity contribution is 7.46. The summed E-state index contributed by atoms with van der Waals surface area (Å²) in [4.78, 5) is 42.7. The second-order valence-corrected chi connectivity index (χ2v) is 14.5. The molecule has 0 aliphatic rings. The van der Waals surface area contributed by atoms with Gasteiger partial charge in [-0.1, -0.05) is 161 Å². The molecule has 0 rings (SSSR count). The third kappa shape index (κ3) is 37.5. The zero-order chi connectivity index (χ0) is 34.7. The number of phosphoric acid groups is 1. The first kappa shape index (κ1) is 45.8. The molecule has 0 saturated heterocycles. The smallest absolute Gasteiger partial charge is 0.462 e. The second-order valence-electron chi connectivity index (χ2n) is 13.3. The monoisotopic (exact) mass is 689 g/mol. The highest BCUT2D eigenvalue weighted by Gasteiger charge is 2.22. The Balaban J connectivity index is 3.93. The Morgan fingerprint density at radius 1 is 0.532 bits per heavy atom. The molecule has 0 bridgehead atoms. The van der Waals surface area contributed by atoms with Crippen molar-refractivity contribution in [2.75, 3.05) is 13.2 Å². The Hall–Kier alpha value is -1.21. The molecule has 8 nitrogen and oxygen atoms in total. The Morgan fingerprint density at radius 3 is 1.30 bits per heavy atom. The van der Waals surface area contributed by atoms with Crippen LogP contribution in [0.5, 0.6) is 0 Å². The fraction of sp³-hybridized carbons (Fsp3) is 0.895. The first-order valence-corrected chi connectivity index (χ1v) is 21.0. The van der Waals surface area contributed by atoms with Crippen LogP contribution in [-0.2, 0) is 28.2 Å². The lowest BCUT2D eigenvalue weighted by Crippen LogP contribution is -2.29. The van der Waals surface area contributed by atoms with Gasteiger partial charge in [-0.2, -0.15) is 0 Å². The minimum atomic E-state index is -4.74. The number of allylic oxidation sites excluding steroid dienone is 2. The highest BCUT2D eigenvalue weighted by atomic mass is 31.2. The van der Waals surface area contributed by atoms with E-state index < -0.39 is 32.5 Å². The number of unbranched alkanes of at least 4 members (excludes halogenated alkanes) is 24. The molecule has 1 atom stereocenters. The van der Waals surface area contributed by atoms with Crippen molar-refractivity contribution in [1.29, 1.82) is 0 Å². The maximum absolute atomic E-state index is 12.3. The molecule has 0 aromatic heterocycles. The van der Waals surface area contributed by atoms with E-state index >= 15 is 0 Å². The molecule has 2 N–H and O–H groups in total. The molecule has 0 fully saturated rings. The lowest BCUT2D eigenvalue weighted by Gasteiger charge is -2.18. The van der Waals surface area contributed by atoms with Gasteiger partial charge < -0.3 is 19.3 Å². The first-order valence-electron chi connectivity index (χ1n) is 19.5. The molecule has 0 unspecified atom stereocenters. The molecule has 0 radical (unpaired) electrons. The van der Waals surface area contributed by atoms with Gasteiger partial charge in [0.05, 0.1) is 6.61 Å².